The monoisotopic (exact) mass is 350 g/mol. The van der Waals surface area contributed by atoms with Gasteiger partial charge in [0.2, 0.25) is 0 Å². The number of nitrogens with one attached hydrogen (secondary N) is 1. The highest BCUT2D eigenvalue weighted by atomic mass is 32.2. The minimum atomic E-state index is -4.25. The van der Waals surface area contributed by atoms with Gasteiger partial charge in [0.25, 0.3) is 16.0 Å². The van der Waals surface area contributed by atoms with Crippen LogP contribution in [0.15, 0.2) is 40.9 Å². The van der Waals surface area contributed by atoms with Gasteiger partial charge in [0, 0.05) is 38.1 Å². The third-order valence-electron chi connectivity index (χ3n) is 3.68. The van der Waals surface area contributed by atoms with Gasteiger partial charge < -0.3 is 15.1 Å². The number of hydrogen-bond donors (Lipinski definition) is 2. The second-order valence-electron chi connectivity index (χ2n) is 5.41. The third-order valence-corrected chi connectivity index (χ3v) is 4.54. The lowest BCUT2D eigenvalue weighted by Gasteiger charge is -2.32. The van der Waals surface area contributed by atoms with E-state index in [9.17, 15) is 18.5 Å². The number of anilines is 1. The predicted molar refractivity (Wildman–Crippen MR) is 87.7 cm³/mol. The summed E-state index contributed by atoms with van der Waals surface area (Å²) in [5, 5.41) is 12.0. The number of hydrogen-bond acceptors (Lipinski definition) is 6. The number of nitriles is 1. The molecule has 1 saturated heterocycles. The number of carbonyl (C=O) groups excluding carboxylic acids is 1. The van der Waals surface area contributed by atoms with Crippen LogP contribution >= 0.6 is 0 Å². The Morgan fingerprint density at radius 1 is 1.25 bits per heavy atom. The van der Waals surface area contributed by atoms with Gasteiger partial charge in [-0.25, -0.2) is 0 Å². The predicted octanol–water partition coefficient (Wildman–Crippen LogP) is 0.527. The standard InChI is InChI=1S/C15H18N4O4S/c1-18-6-8-19(9-7-18)15(20)12(10-16)11-17-13-2-4-14(5-3-13)24(21,22)23/h2-5,11,17H,6-9H2,1H3,(H,21,22,23)/b12-11-. The highest BCUT2D eigenvalue weighted by molar-refractivity contribution is 7.85. The van der Waals surface area contributed by atoms with Crippen molar-refractivity contribution in [2.24, 2.45) is 0 Å². The summed E-state index contributed by atoms with van der Waals surface area (Å²) in [6.07, 6.45) is 1.29. The van der Waals surface area contributed by atoms with E-state index in [2.05, 4.69) is 10.2 Å². The van der Waals surface area contributed by atoms with Crippen LogP contribution in [0.4, 0.5) is 5.69 Å². The molecule has 0 saturated carbocycles. The van der Waals surface area contributed by atoms with Crippen LogP contribution in [-0.2, 0) is 14.9 Å². The highest BCUT2D eigenvalue weighted by Crippen LogP contribution is 2.14. The zero-order valence-corrected chi connectivity index (χ0v) is 14.0. The van der Waals surface area contributed by atoms with Crippen LogP contribution in [0.2, 0.25) is 0 Å². The van der Waals surface area contributed by atoms with Crippen molar-refractivity contribution in [3.63, 3.8) is 0 Å². The largest absolute Gasteiger partial charge is 0.360 e. The first-order valence-corrected chi connectivity index (χ1v) is 8.67. The average Bonchev–Trinajstić information content (AvgIpc) is 2.55. The Kier molecular flexibility index (Phi) is 5.56. The molecular formula is C15H18N4O4S. The van der Waals surface area contributed by atoms with Gasteiger partial charge in [-0.1, -0.05) is 0 Å². The molecule has 2 N–H and O–H groups in total. The minimum Gasteiger partial charge on any atom is -0.360 e. The van der Waals surface area contributed by atoms with Crippen molar-refractivity contribution in [1.82, 2.24) is 9.80 Å². The van der Waals surface area contributed by atoms with Gasteiger partial charge >= 0.3 is 0 Å². The first-order valence-electron chi connectivity index (χ1n) is 7.23. The maximum Gasteiger partial charge on any atom is 0.294 e. The molecule has 1 aromatic carbocycles. The van der Waals surface area contributed by atoms with E-state index >= 15 is 0 Å². The summed E-state index contributed by atoms with van der Waals surface area (Å²) in [6, 6.07) is 7.17. The molecule has 9 heteroatoms. The zero-order valence-electron chi connectivity index (χ0n) is 13.1. The number of piperazine rings is 1. The molecule has 0 spiro atoms. The highest BCUT2D eigenvalue weighted by Gasteiger charge is 2.22. The Hall–Kier alpha value is -2.41. The minimum absolute atomic E-state index is 0.0293. The van der Waals surface area contributed by atoms with Crippen molar-refractivity contribution >= 4 is 21.7 Å². The number of nitrogens with zero attached hydrogens (tertiary/aromatic N) is 3. The lowest BCUT2D eigenvalue weighted by Crippen LogP contribution is -2.47. The van der Waals surface area contributed by atoms with Crippen LogP contribution in [-0.4, -0.2) is 61.9 Å². The van der Waals surface area contributed by atoms with E-state index in [1.807, 2.05) is 13.1 Å². The summed E-state index contributed by atoms with van der Waals surface area (Å²) < 4.78 is 30.9. The Morgan fingerprint density at radius 2 is 1.83 bits per heavy atom. The van der Waals surface area contributed by atoms with Gasteiger partial charge in [-0.3, -0.25) is 9.35 Å². The van der Waals surface area contributed by atoms with Crippen molar-refractivity contribution in [2.45, 2.75) is 4.90 Å². The van der Waals surface area contributed by atoms with Crippen molar-refractivity contribution in [3.05, 3.63) is 36.0 Å². The van der Waals surface area contributed by atoms with Gasteiger partial charge in [0.05, 0.1) is 4.90 Å². The molecule has 1 aliphatic rings. The van der Waals surface area contributed by atoms with E-state index in [0.29, 0.717) is 18.8 Å². The maximum absolute atomic E-state index is 12.3. The van der Waals surface area contributed by atoms with Crippen molar-refractivity contribution in [3.8, 4) is 6.07 Å². The number of rotatable bonds is 4. The fourth-order valence-electron chi connectivity index (χ4n) is 2.20. The van der Waals surface area contributed by atoms with Crippen LogP contribution in [0.1, 0.15) is 0 Å². The lowest BCUT2D eigenvalue weighted by molar-refractivity contribution is -0.128. The molecular weight excluding hydrogens is 332 g/mol. The molecule has 0 aromatic heterocycles. The molecule has 24 heavy (non-hydrogen) atoms. The third kappa shape index (κ3) is 4.55. The van der Waals surface area contributed by atoms with Gasteiger partial charge in [-0.2, -0.15) is 13.7 Å². The molecule has 1 fully saturated rings. The lowest BCUT2D eigenvalue weighted by atomic mass is 10.2. The van der Waals surface area contributed by atoms with E-state index in [-0.39, 0.29) is 16.4 Å². The Labute approximate surface area is 140 Å². The first kappa shape index (κ1) is 17.9. The zero-order chi connectivity index (χ0) is 17.7. The van der Waals surface area contributed by atoms with Gasteiger partial charge in [-0.15, -0.1) is 0 Å². The van der Waals surface area contributed by atoms with Crippen molar-refractivity contribution in [1.29, 1.82) is 5.26 Å². The number of likely N-dealkylation sites (N-methyl/N-ethyl adjacent to an activating group) is 1. The molecule has 0 aliphatic carbocycles. The van der Waals surface area contributed by atoms with Gasteiger partial charge in [-0.05, 0) is 31.3 Å². The number of amides is 1. The van der Waals surface area contributed by atoms with Crippen LogP contribution in [0, 0.1) is 11.3 Å². The SMILES string of the molecule is CN1CCN(C(=O)/C(C#N)=C\Nc2ccc(S(=O)(=O)O)cc2)CC1. The maximum atomic E-state index is 12.3. The van der Waals surface area contributed by atoms with Crippen LogP contribution in [0.25, 0.3) is 0 Å². The van der Waals surface area contributed by atoms with E-state index in [1.165, 1.54) is 30.5 Å². The molecule has 1 aliphatic heterocycles. The molecule has 2 rings (SSSR count). The molecule has 128 valence electrons. The molecule has 0 unspecified atom stereocenters. The van der Waals surface area contributed by atoms with Crippen LogP contribution in [0.3, 0.4) is 0 Å². The molecule has 1 aromatic rings. The molecule has 1 amide bonds. The second kappa shape index (κ2) is 7.44. The smallest absolute Gasteiger partial charge is 0.294 e. The Bertz CT molecular complexity index is 773. The van der Waals surface area contributed by atoms with Gasteiger partial charge in [0.15, 0.2) is 0 Å². The summed E-state index contributed by atoms with van der Waals surface area (Å²) in [7, 11) is -2.28. The fourth-order valence-corrected chi connectivity index (χ4v) is 2.68. The van der Waals surface area contributed by atoms with E-state index in [0.717, 1.165) is 13.1 Å². The summed E-state index contributed by atoms with van der Waals surface area (Å²) in [6.45, 7) is 2.65. The van der Waals surface area contributed by atoms with Crippen molar-refractivity contribution < 1.29 is 17.8 Å². The fraction of sp³-hybridized carbons (Fsp3) is 0.333. The number of benzene rings is 1. The Morgan fingerprint density at radius 3 is 2.33 bits per heavy atom. The average molecular weight is 350 g/mol. The van der Waals surface area contributed by atoms with Crippen molar-refractivity contribution in [2.75, 3.05) is 38.5 Å². The van der Waals surface area contributed by atoms with E-state index in [1.54, 1.807) is 4.90 Å². The summed E-state index contributed by atoms with van der Waals surface area (Å²) in [5.74, 6) is -0.340. The normalized spacial score (nSPS) is 16.5. The molecule has 0 radical (unpaired) electrons. The first-order chi connectivity index (χ1) is 11.3. The molecule has 8 nitrogen and oxygen atoms in total. The second-order valence-corrected chi connectivity index (χ2v) is 6.83. The molecule has 1 heterocycles. The van der Waals surface area contributed by atoms with E-state index < -0.39 is 10.1 Å². The van der Waals surface area contributed by atoms with Crippen LogP contribution in [0.5, 0.6) is 0 Å². The van der Waals surface area contributed by atoms with Gasteiger partial charge in [0.1, 0.15) is 11.6 Å². The van der Waals surface area contributed by atoms with E-state index in [4.69, 9.17) is 4.55 Å². The van der Waals surface area contributed by atoms with Crippen LogP contribution < -0.4 is 5.32 Å². The topological polar surface area (TPSA) is 114 Å². The summed E-state index contributed by atoms with van der Waals surface area (Å²) in [4.78, 5) is 15.8. The summed E-state index contributed by atoms with van der Waals surface area (Å²) in [5.41, 5.74) is 0.458. The molecule has 0 atom stereocenters. The quantitative estimate of drug-likeness (QED) is 0.462. The summed E-state index contributed by atoms with van der Waals surface area (Å²) >= 11 is 0. The Balaban J connectivity index is 2.05. The molecule has 0 bridgehead atoms. The number of carbonyl (C=O) groups is 1.